The molecule has 2 aliphatic rings. The van der Waals surface area contributed by atoms with E-state index in [-0.39, 0.29) is 5.92 Å². The number of allylic oxidation sites excluding steroid dienone is 3. The Kier molecular flexibility index (Phi) is 3.89. The molecule has 0 saturated carbocycles. The molecule has 0 bridgehead atoms. The zero-order valence-corrected chi connectivity index (χ0v) is 17.0. The van der Waals surface area contributed by atoms with Gasteiger partial charge in [0.25, 0.3) is 0 Å². The number of aryl methyl sites for hydroxylation is 1. The summed E-state index contributed by atoms with van der Waals surface area (Å²) >= 11 is 0. The first-order chi connectivity index (χ1) is 14.1. The maximum Gasteiger partial charge on any atom is 0.0750 e. The SMILES string of the molecule is C=CC1=C2C(=C)Nc3ccccc3C2(c2ccccc2C)c2ccccc2C1C. The van der Waals surface area contributed by atoms with Gasteiger partial charge in [-0.2, -0.15) is 0 Å². The first-order valence-electron chi connectivity index (χ1n) is 10.2. The van der Waals surface area contributed by atoms with E-state index in [2.05, 4.69) is 105 Å². The Hall–Kier alpha value is -3.32. The maximum absolute atomic E-state index is 4.49. The third kappa shape index (κ3) is 2.22. The summed E-state index contributed by atoms with van der Waals surface area (Å²) in [6.07, 6.45) is 2.03. The van der Waals surface area contributed by atoms with Crippen LogP contribution >= 0.6 is 0 Å². The van der Waals surface area contributed by atoms with Crippen molar-refractivity contribution in [3.8, 4) is 0 Å². The van der Waals surface area contributed by atoms with E-state index in [1.807, 2.05) is 6.08 Å². The fourth-order valence-corrected chi connectivity index (χ4v) is 5.47. The highest BCUT2D eigenvalue weighted by molar-refractivity contribution is 5.81. The highest BCUT2D eigenvalue weighted by Gasteiger charge is 2.51. The number of hydrogen-bond acceptors (Lipinski definition) is 1. The summed E-state index contributed by atoms with van der Waals surface area (Å²) < 4.78 is 0. The predicted molar refractivity (Wildman–Crippen MR) is 122 cm³/mol. The Morgan fingerprint density at radius 3 is 2.21 bits per heavy atom. The average Bonchev–Trinajstić information content (AvgIpc) is 2.75. The van der Waals surface area contributed by atoms with Crippen molar-refractivity contribution in [2.24, 2.45) is 0 Å². The van der Waals surface area contributed by atoms with Gasteiger partial charge in [0.15, 0.2) is 0 Å². The number of hydrogen-bond donors (Lipinski definition) is 1. The Bertz CT molecular complexity index is 1200. The Balaban J connectivity index is 2.07. The molecule has 0 saturated heterocycles. The van der Waals surface area contributed by atoms with Crippen molar-refractivity contribution in [2.45, 2.75) is 25.2 Å². The monoisotopic (exact) mass is 375 g/mol. The van der Waals surface area contributed by atoms with Gasteiger partial charge in [0.05, 0.1) is 5.41 Å². The number of fused-ring (bicyclic) bond motifs is 5. The molecule has 1 heteroatoms. The van der Waals surface area contributed by atoms with Crippen LogP contribution < -0.4 is 5.32 Å². The van der Waals surface area contributed by atoms with Crippen LogP contribution in [-0.2, 0) is 5.41 Å². The molecule has 0 spiro atoms. The van der Waals surface area contributed by atoms with E-state index < -0.39 is 5.41 Å². The molecule has 142 valence electrons. The standard InChI is InChI=1S/C28H25N/c1-5-21-19(3)22-13-7-9-15-24(22)28(23-14-8-6-12-18(23)2)25-16-10-11-17-26(25)29-20(4)27(21)28/h5-17,19,29H,1,4H2,2-3H3. The molecule has 2 atom stereocenters. The third-order valence-corrected chi connectivity index (χ3v) is 6.65. The summed E-state index contributed by atoms with van der Waals surface area (Å²) in [5.74, 6) is 0.264. The van der Waals surface area contributed by atoms with Gasteiger partial charge in [-0.1, -0.05) is 92.9 Å². The van der Waals surface area contributed by atoms with Gasteiger partial charge in [-0.25, -0.2) is 0 Å². The van der Waals surface area contributed by atoms with Gasteiger partial charge in [0, 0.05) is 17.3 Å². The molecule has 2 unspecified atom stereocenters. The van der Waals surface area contributed by atoms with Gasteiger partial charge in [-0.3, -0.25) is 0 Å². The average molecular weight is 376 g/mol. The molecule has 29 heavy (non-hydrogen) atoms. The second-order valence-electron chi connectivity index (χ2n) is 8.06. The topological polar surface area (TPSA) is 12.0 Å². The second-order valence-corrected chi connectivity index (χ2v) is 8.06. The van der Waals surface area contributed by atoms with E-state index in [0.29, 0.717) is 0 Å². The quantitative estimate of drug-likeness (QED) is 0.515. The molecule has 1 nitrogen and oxygen atoms in total. The molecule has 0 amide bonds. The minimum Gasteiger partial charge on any atom is -0.355 e. The lowest BCUT2D eigenvalue weighted by Crippen LogP contribution is -2.42. The largest absolute Gasteiger partial charge is 0.355 e. The predicted octanol–water partition coefficient (Wildman–Crippen LogP) is 6.87. The van der Waals surface area contributed by atoms with Crippen molar-refractivity contribution >= 4 is 5.69 Å². The second kappa shape index (κ2) is 6.35. The van der Waals surface area contributed by atoms with Crippen molar-refractivity contribution in [1.29, 1.82) is 0 Å². The third-order valence-electron chi connectivity index (χ3n) is 6.65. The first kappa shape index (κ1) is 17.8. The van der Waals surface area contributed by atoms with Crippen LogP contribution in [0.15, 0.2) is 109 Å². The number of anilines is 1. The molecule has 1 N–H and O–H groups in total. The summed E-state index contributed by atoms with van der Waals surface area (Å²) in [5, 5.41) is 3.59. The van der Waals surface area contributed by atoms with Crippen LogP contribution in [0.1, 0.15) is 40.7 Å². The van der Waals surface area contributed by atoms with E-state index in [4.69, 9.17) is 0 Å². The van der Waals surface area contributed by atoms with E-state index in [0.717, 1.165) is 11.4 Å². The van der Waals surface area contributed by atoms with Gasteiger partial charge in [-0.05, 0) is 52.0 Å². The summed E-state index contributed by atoms with van der Waals surface area (Å²) in [6, 6.07) is 26.3. The fourth-order valence-electron chi connectivity index (χ4n) is 5.47. The number of rotatable bonds is 2. The molecule has 1 heterocycles. The molecule has 0 aromatic heterocycles. The van der Waals surface area contributed by atoms with Crippen molar-refractivity contribution in [3.05, 3.63) is 137 Å². The molecule has 1 aliphatic heterocycles. The number of benzene rings is 3. The van der Waals surface area contributed by atoms with Gasteiger partial charge in [0.2, 0.25) is 0 Å². The van der Waals surface area contributed by atoms with E-state index in [9.17, 15) is 0 Å². The molecular formula is C28H25N. The Morgan fingerprint density at radius 2 is 1.48 bits per heavy atom. The Morgan fingerprint density at radius 1 is 0.862 bits per heavy atom. The summed E-state index contributed by atoms with van der Waals surface area (Å²) in [7, 11) is 0. The molecular weight excluding hydrogens is 350 g/mol. The van der Waals surface area contributed by atoms with Gasteiger partial charge < -0.3 is 5.32 Å². The van der Waals surface area contributed by atoms with Crippen LogP contribution in [0.4, 0.5) is 5.69 Å². The van der Waals surface area contributed by atoms with Gasteiger partial charge in [-0.15, -0.1) is 0 Å². The molecule has 3 aromatic carbocycles. The van der Waals surface area contributed by atoms with Crippen LogP contribution in [0.3, 0.4) is 0 Å². The molecule has 5 rings (SSSR count). The highest BCUT2D eigenvalue weighted by atomic mass is 14.9. The molecule has 0 fully saturated rings. The lowest BCUT2D eigenvalue weighted by molar-refractivity contribution is 0.653. The minimum atomic E-state index is -0.406. The van der Waals surface area contributed by atoms with Gasteiger partial charge >= 0.3 is 0 Å². The zero-order valence-electron chi connectivity index (χ0n) is 17.0. The van der Waals surface area contributed by atoms with Crippen LogP contribution in [0.5, 0.6) is 0 Å². The molecule has 1 aliphatic carbocycles. The van der Waals surface area contributed by atoms with Crippen LogP contribution in [0.25, 0.3) is 0 Å². The molecule has 0 radical (unpaired) electrons. The van der Waals surface area contributed by atoms with Crippen LogP contribution in [-0.4, -0.2) is 0 Å². The van der Waals surface area contributed by atoms with Crippen LogP contribution in [0, 0.1) is 6.92 Å². The smallest absolute Gasteiger partial charge is 0.0750 e. The van der Waals surface area contributed by atoms with Crippen molar-refractivity contribution < 1.29 is 0 Å². The summed E-state index contributed by atoms with van der Waals surface area (Å²) in [6.45, 7) is 13.2. The lowest BCUT2D eigenvalue weighted by atomic mass is 9.55. The summed E-state index contributed by atoms with van der Waals surface area (Å²) in [5.41, 5.74) is 10.7. The Labute approximate surface area is 173 Å². The summed E-state index contributed by atoms with van der Waals surface area (Å²) in [4.78, 5) is 0. The van der Waals surface area contributed by atoms with E-state index in [1.165, 1.54) is 39.0 Å². The van der Waals surface area contributed by atoms with E-state index in [1.54, 1.807) is 0 Å². The van der Waals surface area contributed by atoms with Crippen molar-refractivity contribution in [3.63, 3.8) is 0 Å². The number of nitrogens with one attached hydrogen (secondary N) is 1. The van der Waals surface area contributed by atoms with Gasteiger partial charge in [0.1, 0.15) is 0 Å². The number of para-hydroxylation sites is 1. The lowest BCUT2D eigenvalue weighted by Gasteiger charge is -2.49. The first-order valence-corrected chi connectivity index (χ1v) is 10.2. The normalized spacial score (nSPS) is 22.3. The zero-order chi connectivity index (χ0) is 20.2. The van der Waals surface area contributed by atoms with E-state index >= 15 is 0 Å². The van der Waals surface area contributed by atoms with Crippen LogP contribution in [0.2, 0.25) is 0 Å². The maximum atomic E-state index is 4.49. The van der Waals surface area contributed by atoms with Crippen molar-refractivity contribution in [1.82, 2.24) is 0 Å². The highest BCUT2D eigenvalue weighted by Crippen LogP contribution is 2.59. The fraction of sp³-hybridized carbons (Fsp3) is 0.143. The molecule has 3 aromatic rings. The van der Waals surface area contributed by atoms with Crippen molar-refractivity contribution in [2.75, 3.05) is 5.32 Å². The minimum absolute atomic E-state index is 0.264.